The van der Waals surface area contributed by atoms with E-state index in [1.54, 1.807) is 0 Å². The minimum atomic E-state index is 0.433. The molecule has 1 N–H and O–H groups in total. The van der Waals surface area contributed by atoms with Crippen molar-refractivity contribution in [3.8, 4) is 0 Å². The van der Waals surface area contributed by atoms with Gasteiger partial charge in [-0.05, 0) is 25.4 Å². The van der Waals surface area contributed by atoms with Gasteiger partial charge >= 0.3 is 0 Å². The lowest BCUT2D eigenvalue weighted by molar-refractivity contribution is -0.0101. The molecule has 1 atom stereocenters. The first-order valence-electron chi connectivity index (χ1n) is 5.99. The normalized spacial score (nSPS) is 24.4. The fraction of sp³-hybridized carbons (Fsp3) is 1.00. The van der Waals surface area contributed by atoms with Gasteiger partial charge < -0.3 is 10.1 Å². The molecule has 90 valence electrons. The second-order valence-electron chi connectivity index (χ2n) is 5.63. The van der Waals surface area contributed by atoms with Crippen LogP contribution in [0, 0.1) is 5.41 Å². The summed E-state index contributed by atoms with van der Waals surface area (Å²) in [5.74, 6) is 0. The molecule has 0 bridgehead atoms. The third kappa shape index (κ3) is 4.96. The second-order valence-corrected chi connectivity index (χ2v) is 5.63. The molecule has 1 heterocycles. The van der Waals surface area contributed by atoms with Crippen LogP contribution in [0.2, 0.25) is 0 Å². The number of nitrogens with one attached hydrogen (secondary N) is 1. The highest BCUT2D eigenvalue weighted by atomic mass is 16.5. The van der Waals surface area contributed by atoms with E-state index in [4.69, 9.17) is 4.74 Å². The Morgan fingerprint density at radius 1 is 1.40 bits per heavy atom. The molecule has 0 amide bonds. The van der Waals surface area contributed by atoms with Crippen molar-refractivity contribution in [1.29, 1.82) is 0 Å². The Morgan fingerprint density at radius 2 is 2.13 bits per heavy atom. The van der Waals surface area contributed by atoms with E-state index in [1.165, 1.54) is 13.0 Å². The Balaban J connectivity index is 2.35. The molecule has 0 radical (unpaired) electrons. The van der Waals surface area contributed by atoms with Gasteiger partial charge in [0.2, 0.25) is 0 Å². The van der Waals surface area contributed by atoms with Crippen LogP contribution in [0.4, 0.5) is 0 Å². The molecule has 0 saturated carbocycles. The number of rotatable bonds is 4. The van der Waals surface area contributed by atoms with E-state index in [0.29, 0.717) is 11.5 Å². The summed E-state index contributed by atoms with van der Waals surface area (Å²) in [6, 6.07) is 0.561. The number of likely N-dealkylation sites (N-methyl/N-ethyl adjacent to an activating group) is 1. The van der Waals surface area contributed by atoms with Crippen LogP contribution in [0.1, 0.15) is 27.2 Å². The van der Waals surface area contributed by atoms with E-state index in [0.717, 1.165) is 26.3 Å². The minimum absolute atomic E-state index is 0.433. The first kappa shape index (κ1) is 12.9. The Labute approximate surface area is 94.2 Å². The van der Waals surface area contributed by atoms with Gasteiger partial charge in [-0.25, -0.2) is 0 Å². The Morgan fingerprint density at radius 3 is 2.73 bits per heavy atom. The average molecular weight is 214 g/mol. The summed E-state index contributed by atoms with van der Waals surface area (Å²) in [6.07, 6.45) is 1.26. The first-order chi connectivity index (χ1) is 7.03. The maximum absolute atomic E-state index is 5.52. The predicted molar refractivity (Wildman–Crippen MR) is 64.2 cm³/mol. The van der Waals surface area contributed by atoms with Crippen LogP contribution in [-0.2, 0) is 4.74 Å². The average Bonchev–Trinajstić information content (AvgIpc) is 2.16. The predicted octanol–water partition coefficient (Wildman–Crippen LogP) is 1.34. The molecule has 3 nitrogen and oxygen atoms in total. The molecule has 1 saturated heterocycles. The van der Waals surface area contributed by atoms with Gasteiger partial charge in [0, 0.05) is 19.1 Å². The Kier molecular flexibility index (Phi) is 5.03. The van der Waals surface area contributed by atoms with E-state index in [9.17, 15) is 0 Å². The summed E-state index contributed by atoms with van der Waals surface area (Å²) in [5.41, 5.74) is 0.433. The Hall–Kier alpha value is -0.120. The van der Waals surface area contributed by atoms with Gasteiger partial charge in [-0.1, -0.05) is 20.8 Å². The lowest BCUT2D eigenvalue weighted by atomic mass is 9.92. The summed E-state index contributed by atoms with van der Waals surface area (Å²) in [4.78, 5) is 2.56. The highest BCUT2D eigenvalue weighted by Crippen LogP contribution is 2.20. The molecule has 1 aliphatic heterocycles. The lowest BCUT2D eigenvalue weighted by Crippen LogP contribution is -2.50. The van der Waals surface area contributed by atoms with Crippen LogP contribution in [0.15, 0.2) is 0 Å². The highest BCUT2D eigenvalue weighted by molar-refractivity contribution is 4.78. The van der Waals surface area contributed by atoms with Crippen molar-refractivity contribution in [2.75, 3.05) is 39.9 Å². The van der Waals surface area contributed by atoms with Crippen LogP contribution < -0.4 is 5.32 Å². The monoisotopic (exact) mass is 214 g/mol. The van der Waals surface area contributed by atoms with Crippen molar-refractivity contribution in [1.82, 2.24) is 10.2 Å². The van der Waals surface area contributed by atoms with Gasteiger partial charge in [-0.2, -0.15) is 0 Å². The van der Waals surface area contributed by atoms with Crippen molar-refractivity contribution in [3.63, 3.8) is 0 Å². The fourth-order valence-electron chi connectivity index (χ4n) is 1.89. The molecule has 0 aromatic rings. The van der Waals surface area contributed by atoms with Crippen molar-refractivity contribution >= 4 is 0 Å². The van der Waals surface area contributed by atoms with E-state index in [2.05, 4.69) is 31.0 Å². The fourth-order valence-corrected chi connectivity index (χ4v) is 1.89. The summed E-state index contributed by atoms with van der Waals surface area (Å²) in [5, 5.41) is 3.24. The number of nitrogens with zero attached hydrogens (tertiary/aromatic N) is 1. The van der Waals surface area contributed by atoms with Crippen LogP contribution in [-0.4, -0.2) is 50.8 Å². The van der Waals surface area contributed by atoms with Crippen molar-refractivity contribution in [2.45, 2.75) is 33.2 Å². The molecule has 1 unspecified atom stereocenters. The van der Waals surface area contributed by atoms with Crippen LogP contribution >= 0.6 is 0 Å². The van der Waals surface area contributed by atoms with Crippen molar-refractivity contribution in [2.24, 2.45) is 5.41 Å². The van der Waals surface area contributed by atoms with Gasteiger partial charge in [-0.3, -0.25) is 4.90 Å². The zero-order valence-electron chi connectivity index (χ0n) is 10.7. The molecule has 1 aliphatic rings. The molecular formula is C12H26N2O. The van der Waals surface area contributed by atoms with Crippen molar-refractivity contribution in [3.05, 3.63) is 0 Å². The van der Waals surface area contributed by atoms with E-state index >= 15 is 0 Å². The topological polar surface area (TPSA) is 24.5 Å². The highest BCUT2D eigenvalue weighted by Gasteiger charge is 2.23. The Bertz CT molecular complexity index is 175. The molecule has 0 aliphatic carbocycles. The minimum Gasteiger partial charge on any atom is -0.378 e. The number of hydrogen-bond donors (Lipinski definition) is 1. The maximum Gasteiger partial charge on any atom is 0.0634 e. The first-order valence-corrected chi connectivity index (χ1v) is 5.99. The zero-order chi connectivity index (χ0) is 11.3. The zero-order valence-corrected chi connectivity index (χ0v) is 10.7. The summed E-state index contributed by atoms with van der Waals surface area (Å²) >= 11 is 0. The molecule has 0 aromatic carbocycles. The van der Waals surface area contributed by atoms with Gasteiger partial charge in [-0.15, -0.1) is 0 Å². The van der Waals surface area contributed by atoms with E-state index < -0.39 is 0 Å². The molecule has 0 aromatic heterocycles. The number of morpholine rings is 1. The van der Waals surface area contributed by atoms with Gasteiger partial charge in [0.15, 0.2) is 0 Å². The third-order valence-electron chi connectivity index (χ3n) is 2.94. The van der Waals surface area contributed by atoms with Crippen LogP contribution in [0.25, 0.3) is 0 Å². The van der Waals surface area contributed by atoms with Gasteiger partial charge in [0.1, 0.15) is 0 Å². The summed E-state index contributed by atoms with van der Waals surface area (Å²) < 4.78 is 5.52. The van der Waals surface area contributed by atoms with Gasteiger partial charge in [0.05, 0.1) is 13.2 Å². The molecule has 3 heteroatoms. The third-order valence-corrected chi connectivity index (χ3v) is 2.94. The summed E-state index contributed by atoms with van der Waals surface area (Å²) in [7, 11) is 2.01. The molecule has 0 spiro atoms. The van der Waals surface area contributed by atoms with E-state index in [-0.39, 0.29) is 0 Å². The standard InChI is InChI=1S/C12H26N2O/c1-12(2,3)5-6-14-7-8-15-10-11(14)9-13-4/h11,13H,5-10H2,1-4H3. The lowest BCUT2D eigenvalue weighted by Gasteiger charge is -2.37. The molecule has 1 rings (SSSR count). The smallest absolute Gasteiger partial charge is 0.0634 e. The molecule has 15 heavy (non-hydrogen) atoms. The largest absolute Gasteiger partial charge is 0.378 e. The maximum atomic E-state index is 5.52. The van der Waals surface area contributed by atoms with E-state index in [1.807, 2.05) is 7.05 Å². The van der Waals surface area contributed by atoms with Gasteiger partial charge in [0.25, 0.3) is 0 Å². The number of hydrogen-bond acceptors (Lipinski definition) is 3. The van der Waals surface area contributed by atoms with Crippen LogP contribution in [0.5, 0.6) is 0 Å². The van der Waals surface area contributed by atoms with Crippen LogP contribution in [0.3, 0.4) is 0 Å². The molecule has 1 fully saturated rings. The molecular weight excluding hydrogens is 188 g/mol. The SMILES string of the molecule is CNCC1COCCN1CCC(C)(C)C. The number of ether oxygens (including phenoxy) is 1. The van der Waals surface area contributed by atoms with Crippen molar-refractivity contribution < 1.29 is 4.74 Å². The second kappa shape index (κ2) is 5.83. The summed E-state index contributed by atoms with van der Waals surface area (Å²) in [6.45, 7) is 12.0. The quantitative estimate of drug-likeness (QED) is 0.764.